The van der Waals surface area contributed by atoms with Crippen molar-refractivity contribution < 1.29 is 38.6 Å². The molecule has 1 aliphatic heterocycles. The number of likely N-dealkylation sites (N-methyl/N-ethyl adjacent to an activating group) is 2. The van der Waals surface area contributed by atoms with Crippen LogP contribution in [0.1, 0.15) is 79.7 Å². The number of carbonyl (C=O) groups is 5. The molecule has 0 bridgehead atoms. The third-order valence-electron chi connectivity index (χ3n) is 10.8. The molecule has 53 heavy (non-hydrogen) atoms. The maximum absolute atomic E-state index is 14.2. The number of hydrogen-bond donors (Lipinski definition) is 3. The molecule has 0 spiro atoms. The van der Waals surface area contributed by atoms with Crippen LogP contribution in [0.2, 0.25) is 0 Å². The van der Waals surface area contributed by atoms with Gasteiger partial charge in [0.1, 0.15) is 12.1 Å². The van der Waals surface area contributed by atoms with Gasteiger partial charge in [0.05, 0.1) is 42.7 Å². The summed E-state index contributed by atoms with van der Waals surface area (Å²) < 4.78 is 11.9. The number of amides is 4. The number of nitrogens with one attached hydrogen (secondary N) is 2. The van der Waals surface area contributed by atoms with Crippen LogP contribution in [0.25, 0.3) is 0 Å². The van der Waals surface area contributed by atoms with Crippen molar-refractivity contribution in [2.24, 2.45) is 23.7 Å². The highest BCUT2D eigenvalue weighted by Crippen LogP contribution is 2.30. The van der Waals surface area contributed by atoms with Crippen LogP contribution in [0.5, 0.6) is 0 Å². The summed E-state index contributed by atoms with van der Waals surface area (Å²) in [5.74, 6) is -3.21. The summed E-state index contributed by atoms with van der Waals surface area (Å²) in [6.07, 6.45) is 0.820. The molecule has 0 aromatic heterocycles. The summed E-state index contributed by atoms with van der Waals surface area (Å²) in [6, 6.07) is 5.89. The summed E-state index contributed by atoms with van der Waals surface area (Å²) in [5, 5.41) is 15.6. The number of rotatable bonds is 21. The summed E-state index contributed by atoms with van der Waals surface area (Å²) in [7, 11) is 8.44. The Bertz CT molecular complexity index is 1330. The quantitative estimate of drug-likeness (QED) is 0.172. The normalized spacial score (nSPS) is 19.2. The lowest BCUT2D eigenvalue weighted by atomic mass is 9.89. The topological polar surface area (TPSA) is 158 Å². The molecule has 2 rings (SSSR count). The van der Waals surface area contributed by atoms with Gasteiger partial charge in [-0.3, -0.25) is 24.1 Å². The molecule has 6 unspecified atom stereocenters. The van der Waals surface area contributed by atoms with Crippen LogP contribution in [-0.4, -0.2) is 134 Å². The number of likely N-dealkylation sites (tertiary alicyclic amines) is 1. The van der Waals surface area contributed by atoms with Crippen molar-refractivity contribution in [3.05, 3.63) is 35.9 Å². The van der Waals surface area contributed by atoms with Crippen LogP contribution in [0.4, 0.5) is 0 Å². The largest absolute Gasteiger partial charge is 0.480 e. The lowest BCUT2D eigenvalue weighted by molar-refractivity contribution is -0.148. The number of methoxy groups -OCH3 is 2. The average molecular weight is 746 g/mol. The molecule has 300 valence electrons. The van der Waals surface area contributed by atoms with Crippen molar-refractivity contribution in [2.75, 3.05) is 41.9 Å². The minimum atomic E-state index is -1.14. The van der Waals surface area contributed by atoms with Crippen molar-refractivity contribution in [3.63, 3.8) is 0 Å². The highest BCUT2D eigenvalue weighted by molar-refractivity contribution is 5.90. The van der Waals surface area contributed by atoms with Crippen molar-refractivity contribution in [3.8, 4) is 0 Å². The van der Waals surface area contributed by atoms with Gasteiger partial charge in [-0.2, -0.15) is 0 Å². The van der Waals surface area contributed by atoms with Gasteiger partial charge in [0.2, 0.25) is 23.6 Å². The fourth-order valence-electron chi connectivity index (χ4n) is 7.76. The van der Waals surface area contributed by atoms with Gasteiger partial charge in [-0.15, -0.1) is 0 Å². The van der Waals surface area contributed by atoms with Crippen LogP contribution in [0.3, 0.4) is 0 Å². The Morgan fingerprint density at radius 2 is 1.53 bits per heavy atom. The Hall–Kier alpha value is -3.55. The molecule has 1 heterocycles. The van der Waals surface area contributed by atoms with Gasteiger partial charge in [0.15, 0.2) is 0 Å². The predicted octanol–water partition coefficient (Wildman–Crippen LogP) is 3.45. The van der Waals surface area contributed by atoms with Crippen LogP contribution in [0, 0.1) is 23.7 Å². The number of aliphatic carboxylic acids is 1. The second-order valence-electron chi connectivity index (χ2n) is 15.6. The molecule has 1 aromatic carbocycles. The Morgan fingerprint density at radius 1 is 0.906 bits per heavy atom. The zero-order valence-corrected chi connectivity index (χ0v) is 34.1. The molecule has 13 heteroatoms. The number of carboxylic acids is 1. The standard InChI is InChI=1S/C40H67N5O8/c1-13-26(6)35(44(10)39(49)33(24(2)3)42-38(48)34(25(4)5)43(8)9)31(52-11)23-32(46)45-21-17-20-30(45)36(53-12)27(7)37(47)41-29(40(50)51)22-28-18-15-14-16-19-28/h14-16,18-19,24-27,29-31,33-36H,13,17,20-23H2,1-12H3,(H,41,47)(H,42,48)(H,50,51)/t26-,27?,29-,30?,31?,33-,34?,35?,36?/m0/s1. The molecule has 1 aromatic rings. The first-order chi connectivity index (χ1) is 24.9. The molecule has 9 atom stereocenters. The minimum Gasteiger partial charge on any atom is -0.480 e. The van der Waals surface area contributed by atoms with Gasteiger partial charge in [-0.05, 0) is 50.3 Å². The second kappa shape index (κ2) is 21.4. The third kappa shape index (κ3) is 12.2. The number of ether oxygens (including phenoxy) is 2. The van der Waals surface area contributed by atoms with Crippen molar-refractivity contribution in [1.82, 2.24) is 25.3 Å². The first-order valence-corrected chi connectivity index (χ1v) is 19.1. The molecule has 3 N–H and O–H groups in total. The van der Waals surface area contributed by atoms with Gasteiger partial charge < -0.3 is 35.0 Å². The highest BCUT2D eigenvalue weighted by Gasteiger charge is 2.43. The molecule has 1 aliphatic rings. The first kappa shape index (κ1) is 45.6. The lowest BCUT2D eigenvalue weighted by Crippen LogP contribution is -2.59. The average Bonchev–Trinajstić information content (AvgIpc) is 3.59. The Morgan fingerprint density at radius 3 is 2.02 bits per heavy atom. The maximum atomic E-state index is 14.2. The third-order valence-corrected chi connectivity index (χ3v) is 10.8. The maximum Gasteiger partial charge on any atom is 0.326 e. The Labute approximate surface area is 317 Å². The summed E-state index contributed by atoms with van der Waals surface area (Å²) in [5.41, 5.74) is 0.785. The molecule has 0 radical (unpaired) electrons. The van der Waals surface area contributed by atoms with E-state index in [4.69, 9.17) is 9.47 Å². The van der Waals surface area contributed by atoms with E-state index in [1.54, 1.807) is 23.8 Å². The second-order valence-corrected chi connectivity index (χ2v) is 15.6. The Kier molecular flexibility index (Phi) is 18.4. The van der Waals surface area contributed by atoms with Gasteiger partial charge in [0.25, 0.3) is 0 Å². The fourth-order valence-corrected chi connectivity index (χ4v) is 7.76. The monoisotopic (exact) mass is 745 g/mol. The number of carboxylic acid groups (broad SMARTS) is 1. The van der Waals surface area contributed by atoms with Gasteiger partial charge in [-0.1, -0.05) is 85.2 Å². The van der Waals surface area contributed by atoms with Crippen molar-refractivity contribution in [2.45, 2.75) is 123 Å². The van der Waals surface area contributed by atoms with Gasteiger partial charge in [0, 0.05) is 34.2 Å². The molecule has 4 amide bonds. The van der Waals surface area contributed by atoms with Crippen LogP contribution in [0.15, 0.2) is 30.3 Å². The van der Waals surface area contributed by atoms with E-state index in [0.29, 0.717) is 19.4 Å². The van der Waals surface area contributed by atoms with E-state index in [9.17, 15) is 29.1 Å². The summed E-state index contributed by atoms with van der Waals surface area (Å²) in [4.78, 5) is 72.5. The van der Waals surface area contributed by atoms with Crippen molar-refractivity contribution >= 4 is 29.6 Å². The van der Waals surface area contributed by atoms with E-state index in [1.165, 1.54) is 14.2 Å². The molecule has 0 aliphatic carbocycles. The zero-order valence-electron chi connectivity index (χ0n) is 34.1. The fraction of sp³-hybridized carbons (Fsp3) is 0.725. The first-order valence-electron chi connectivity index (χ1n) is 19.1. The van der Waals surface area contributed by atoms with Crippen LogP contribution in [-0.2, 0) is 39.9 Å². The van der Waals surface area contributed by atoms with E-state index in [2.05, 4.69) is 10.6 Å². The number of carbonyl (C=O) groups excluding carboxylic acids is 4. The summed E-state index contributed by atoms with van der Waals surface area (Å²) >= 11 is 0. The van der Waals surface area contributed by atoms with Gasteiger partial charge in [-0.25, -0.2) is 4.79 Å². The van der Waals surface area contributed by atoms with E-state index in [-0.39, 0.29) is 48.3 Å². The molecule has 13 nitrogen and oxygen atoms in total. The van der Waals surface area contributed by atoms with E-state index in [0.717, 1.165) is 12.0 Å². The molecule has 0 saturated carbocycles. The molecule has 1 fully saturated rings. The predicted molar refractivity (Wildman–Crippen MR) is 205 cm³/mol. The smallest absolute Gasteiger partial charge is 0.326 e. The number of hydrogen-bond acceptors (Lipinski definition) is 8. The van der Waals surface area contributed by atoms with Crippen LogP contribution < -0.4 is 10.6 Å². The summed E-state index contributed by atoms with van der Waals surface area (Å²) in [6.45, 7) is 13.9. The number of benzene rings is 1. The molecule has 1 saturated heterocycles. The van der Waals surface area contributed by atoms with Gasteiger partial charge >= 0.3 is 5.97 Å². The Balaban J connectivity index is 2.27. The molecular weight excluding hydrogens is 678 g/mol. The van der Waals surface area contributed by atoms with E-state index >= 15 is 0 Å². The molecular formula is C40H67N5O8. The lowest BCUT2D eigenvalue weighted by Gasteiger charge is -2.41. The minimum absolute atomic E-state index is 0.0104. The van der Waals surface area contributed by atoms with Crippen LogP contribution >= 0.6 is 0 Å². The van der Waals surface area contributed by atoms with Crippen molar-refractivity contribution in [1.29, 1.82) is 0 Å². The highest BCUT2D eigenvalue weighted by atomic mass is 16.5. The zero-order chi connectivity index (χ0) is 40.2. The van der Waals surface area contributed by atoms with E-state index in [1.807, 2.05) is 90.9 Å². The van der Waals surface area contributed by atoms with E-state index < -0.39 is 60.2 Å². The SMILES string of the molecule is CC[C@H](C)C(C(CC(=O)N1CCCC1C(OC)C(C)C(=O)N[C@@H](Cc1ccccc1)C(=O)O)OC)N(C)C(=O)[C@@H](NC(=O)C(C(C)C)N(C)C)C(C)C. The number of nitrogens with zero attached hydrogens (tertiary/aromatic N) is 3.